The minimum Gasteiger partial charge on any atom is -0.746 e. The molecule has 6 heteroatoms. The van der Waals surface area contributed by atoms with Gasteiger partial charge in [0.15, 0.2) is 4.93 Å². The van der Waals surface area contributed by atoms with Gasteiger partial charge in [-0.15, -0.1) is 0 Å². The van der Waals surface area contributed by atoms with E-state index in [-0.39, 0.29) is 42.4 Å². The van der Waals surface area contributed by atoms with Crippen molar-refractivity contribution in [2.75, 3.05) is 0 Å². The van der Waals surface area contributed by atoms with Crippen molar-refractivity contribution >= 4 is 10.1 Å². The van der Waals surface area contributed by atoms with E-state index in [2.05, 4.69) is 6.92 Å². The molecule has 0 aromatic carbocycles. The summed E-state index contributed by atoms with van der Waals surface area (Å²) in [5.41, 5.74) is 0. The molecule has 0 aromatic rings. The molecular formula is C14H29NaO4S. The number of aliphatic hydroxyl groups is 1. The van der Waals surface area contributed by atoms with Gasteiger partial charge in [0.1, 0.15) is 10.1 Å². The van der Waals surface area contributed by atoms with Crippen LogP contribution in [0.1, 0.15) is 84.5 Å². The van der Waals surface area contributed by atoms with Crippen molar-refractivity contribution in [1.82, 2.24) is 0 Å². The van der Waals surface area contributed by atoms with Crippen LogP contribution in [0.3, 0.4) is 0 Å². The van der Waals surface area contributed by atoms with Gasteiger partial charge in [0.25, 0.3) is 0 Å². The Morgan fingerprint density at radius 1 is 0.900 bits per heavy atom. The summed E-state index contributed by atoms with van der Waals surface area (Å²) in [6.45, 7) is 3.72. The number of hydrogen-bond acceptors (Lipinski definition) is 4. The third kappa shape index (κ3) is 9.74. The summed E-state index contributed by atoms with van der Waals surface area (Å²) in [5, 5.41) is 9.76. The minimum absolute atomic E-state index is 0. The number of rotatable bonds is 12. The summed E-state index contributed by atoms with van der Waals surface area (Å²) in [4.78, 5) is -2.06. The summed E-state index contributed by atoms with van der Waals surface area (Å²) in [7, 11) is -4.62. The second kappa shape index (κ2) is 12.4. The van der Waals surface area contributed by atoms with Crippen molar-refractivity contribution in [3.8, 4) is 0 Å². The Labute approximate surface area is 146 Å². The van der Waals surface area contributed by atoms with E-state index in [1.165, 1.54) is 39.0 Å². The number of hydrogen-bond donors (Lipinski definition) is 1. The predicted molar refractivity (Wildman–Crippen MR) is 76.8 cm³/mol. The van der Waals surface area contributed by atoms with Gasteiger partial charge < -0.3 is 9.66 Å². The molecule has 0 aliphatic rings. The Balaban J connectivity index is 0. The Bertz CT molecular complexity index is 319. The van der Waals surface area contributed by atoms with Crippen LogP contribution >= 0.6 is 0 Å². The molecule has 0 saturated carbocycles. The fourth-order valence-electron chi connectivity index (χ4n) is 2.19. The summed E-state index contributed by atoms with van der Waals surface area (Å²) in [5.74, 6) is 0. The van der Waals surface area contributed by atoms with E-state index in [1.807, 2.05) is 0 Å². The van der Waals surface area contributed by atoms with Crippen LogP contribution in [0, 0.1) is 0 Å². The van der Waals surface area contributed by atoms with Crippen molar-refractivity contribution in [3.05, 3.63) is 0 Å². The number of unbranched alkanes of at least 4 members (excludes halogenated alkanes) is 8. The molecule has 0 aliphatic carbocycles. The predicted octanol–water partition coefficient (Wildman–Crippen LogP) is 0.555. The van der Waals surface area contributed by atoms with Gasteiger partial charge in [0, 0.05) is 0 Å². The molecule has 20 heavy (non-hydrogen) atoms. The van der Waals surface area contributed by atoms with Gasteiger partial charge in [0.05, 0.1) is 0 Å². The van der Waals surface area contributed by atoms with Crippen molar-refractivity contribution in [3.63, 3.8) is 0 Å². The molecule has 4 nitrogen and oxygen atoms in total. The van der Waals surface area contributed by atoms with Crippen LogP contribution < -0.4 is 29.6 Å². The smallest absolute Gasteiger partial charge is 0.746 e. The Kier molecular flexibility index (Phi) is 14.4. The maximum absolute atomic E-state index is 10.9. The maximum Gasteiger partial charge on any atom is 1.00 e. The standard InChI is InChI=1S/C14H30O4S.Na/c1-3-5-6-7-8-9-10-11-12-13-14(15,4-2)19(16,17)18;/h15H,3-13H2,1-2H3,(H,16,17,18);/q;+1/p-1. The zero-order valence-corrected chi connectivity index (χ0v) is 16.2. The molecule has 0 heterocycles. The molecule has 1 atom stereocenters. The van der Waals surface area contributed by atoms with Crippen LogP contribution in [0.4, 0.5) is 0 Å². The molecule has 1 unspecified atom stereocenters. The van der Waals surface area contributed by atoms with Crippen molar-refractivity contribution in [2.45, 2.75) is 89.4 Å². The van der Waals surface area contributed by atoms with Crippen LogP contribution in [-0.4, -0.2) is 23.0 Å². The summed E-state index contributed by atoms with van der Waals surface area (Å²) >= 11 is 0. The molecule has 0 fully saturated rings. The van der Waals surface area contributed by atoms with Gasteiger partial charge >= 0.3 is 29.6 Å². The van der Waals surface area contributed by atoms with Gasteiger partial charge in [-0.3, -0.25) is 0 Å². The van der Waals surface area contributed by atoms with Gasteiger partial charge in [0.2, 0.25) is 0 Å². The van der Waals surface area contributed by atoms with E-state index in [4.69, 9.17) is 0 Å². The van der Waals surface area contributed by atoms with E-state index < -0.39 is 15.1 Å². The van der Waals surface area contributed by atoms with E-state index >= 15 is 0 Å². The second-order valence-electron chi connectivity index (χ2n) is 5.33. The maximum atomic E-state index is 10.9. The first kappa shape index (κ1) is 23.1. The van der Waals surface area contributed by atoms with E-state index in [0.29, 0.717) is 6.42 Å². The van der Waals surface area contributed by atoms with Crippen LogP contribution in [0.2, 0.25) is 0 Å². The molecule has 0 bridgehead atoms. The van der Waals surface area contributed by atoms with Crippen LogP contribution in [-0.2, 0) is 10.1 Å². The van der Waals surface area contributed by atoms with Gasteiger partial charge in [-0.1, -0.05) is 65.2 Å². The fourth-order valence-corrected chi connectivity index (χ4v) is 2.94. The molecule has 0 saturated heterocycles. The van der Waals surface area contributed by atoms with Crippen LogP contribution in [0.15, 0.2) is 0 Å². The van der Waals surface area contributed by atoms with Gasteiger partial charge in [-0.2, -0.15) is 0 Å². The Morgan fingerprint density at radius 3 is 1.65 bits per heavy atom. The summed E-state index contributed by atoms with van der Waals surface area (Å²) < 4.78 is 32.8. The van der Waals surface area contributed by atoms with Gasteiger partial charge in [-0.05, 0) is 19.3 Å². The first-order valence-corrected chi connectivity index (χ1v) is 8.96. The first-order valence-electron chi connectivity index (χ1n) is 7.55. The average Bonchev–Trinajstić information content (AvgIpc) is 2.35. The fraction of sp³-hybridized carbons (Fsp3) is 1.00. The SMILES string of the molecule is CCCCCCCCCCCC(O)(CC)S(=O)(=O)[O-].[Na+]. The molecule has 0 amide bonds. The molecule has 1 N–H and O–H groups in total. The van der Waals surface area contributed by atoms with E-state index in [9.17, 15) is 18.1 Å². The Hall–Kier alpha value is 0.870. The largest absolute Gasteiger partial charge is 1.00 e. The second-order valence-corrected chi connectivity index (χ2v) is 7.00. The monoisotopic (exact) mass is 316 g/mol. The summed E-state index contributed by atoms with van der Waals surface area (Å²) in [6.07, 6.45) is 10.0. The minimum atomic E-state index is -4.62. The van der Waals surface area contributed by atoms with Gasteiger partial charge in [-0.25, -0.2) is 8.42 Å². The third-order valence-corrected chi connectivity index (χ3v) is 5.11. The molecule has 0 rings (SSSR count). The normalized spacial score (nSPS) is 14.6. The van der Waals surface area contributed by atoms with E-state index in [1.54, 1.807) is 0 Å². The average molecular weight is 316 g/mol. The van der Waals surface area contributed by atoms with Crippen LogP contribution in [0.25, 0.3) is 0 Å². The van der Waals surface area contributed by atoms with Crippen molar-refractivity contribution in [2.24, 2.45) is 0 Å². The molecule has 116 valence electrons. The third-order valence-electron chi connectivity index (χ3n) is 3.69. The molecule has 0 aromatic heterocycles. The summed E-state index contributed by atoms with van der Waals surface area (Å²) in [6, 6.07) is 0. The Morgan fingerprint density at radius 2 is 1.30 bits per heavy atom. The molecular weight excluding hydrogens is 287 g/mol. The van der Waals surface area contributed by atoms with Crippen LogP contribution in [0.5, 0.6) is 0 Å². The zero-order chi connectivity index (χ0) is 14.8. The molecule has 0 spiro atoms. The zero-order valence-electron chi connectivity index (χ0n) is 13.4. The van der Waals surface area contributed by atoms with Crippen molar-refractivity contribution in [1.29, 1.82) is 0 Å². The quantitative estimate of drug-likeness (QED) is 0.324. The molecule has 0 aliphatic heterocycles. The van der Waals surface area contributed by atoms with E-state index in [0.717, 1.165) is 19.3 Å². The topological polar surface area (TPSA) is 77.4 Å². The van der Waals surface area contributed by atoms with Crippen molar-refractivity contribution < 1.29 is 47.6 Å². The molecule has 0 radical (unpaired) electrons. The first-order chi connectivity index (χ1) is 8.87.